The van der Waals surface area contributed by atoms with Gasteiger partial charge in [-0.05, 0) is 63.5 Å². The number of hydrogen-bond donors (Lipinski definition) is 1. The number of nitrogens with one attached hydrogen (secondary N) is 1. The number of halogens is 4. The molecule has 4 fully saturated rings. The summed E-state index contributed by atoms with van der Waals surface area (Å²) < 4.78 is 74.0. The van der Waals surface area contributed by atoms with Crippen molar-refractivity contribution in [3.05, 3.63) is 23.2 Å². The average molecular weight is 560 g/mol. The van der Waals surface area contributed by atoms with E-state index in [1.165, 1.54) is 18.2 Å². The van der Waals surface area contributed by atoms with Crippen molar-refractivity contribution in [2.24, 2.45) is 5.41 Å². The predicted molar refractivity (Wildman–Crippen MR) is 124 cm³/mol. The van der Waals surface area contributed by atoms with Crippen molar-refractivity contribution in [2.45, 2.75) is 85.4 Å². The van der Waals surface area contributed by atoms with Gasteiger partial charge in [-0.3, -0.25) is 9.59 Å². The van der Waals surface area contributed by atoms with Crippen molar-refractivity contribution < 1.29 is 35.9 Å². The molecule has 1 aromatic carbocycles. The molecule has 1 aliphatic heterocycles. The smallest absolute Gasteiger partial charge is 0.403 e. The van der Waals surface area contributed by atoms with E-state index >= 15 is 0 Å². The minimum absolute atomic E-state index is 0.0405. The van der Waals surface area contributed by atoms with Crippen molar-refractivity contribution in [1.82, 2.24) is 10.2 Å². The predicted octanol–water partition coefficient (Wildman–Crippen LogP) is 3.53. The highest BCUT2D eigenvalue weighted by Gasteiger charge is 2.70. The Kier molecular flexibility index (Phi) is 6.18. The van der Waals surface area contributed by atoms with Crippen molar-refractivity contribution in [1.29, 1.82) is 5.26 Å². The second-order valence-electron chi connectivity index (χ2n) is 10.4. The highest BCUT2D eigenvalue weighted by Crippen LogP contribution is 2.59. The lowest BCUT2D eigenvalue weighted by Gasteiger charge is -2.29. The van der Waals surface area contributed by atoms with Gasteiger partial charge in [-0.25, -0.2) is 8.42 Å². The van der Waals surface area contributed by atoms with Crippen molar-refractivity contribution in [3.8, 4) is 11.8 Å². The summed E-state index contributed by atoms with van der Waals surface area (Å²) in [6, 6.07) is 4.61. The molecule has 1 heterocycles. The first-order valence-corrected chi connectivity index (χ1v) is 14.1. The fraction of sp³-hybridized carbons (Fsp3) is 0.625. The number of carbonyl (C=O) groups is 2. The normalized spacial score (nSPS) is 26.1. The summed E-state index contributed by atoms with van der Waals surface area (Å²) in [5, 5.41) is 10.3. The maximum atomic E-state index is 13.7. The SMILES string of the molecule is N#CC1(NC(=O)[C@@H]2CC(S(=O)(=O)c3ccc(OC4CCC4)cc3Cl)CN2C(=O)C2(C(F)(F)F)CC2)CC1. The number of nitrogens with zero attached hydrogens (tertiary/aromatic N) is 2. The molecule has 1 saturated heterocycles. The van der Waals surface area contributed by atoms with Gasteiger partial charge in [-0.1, -0.05) is 11.6 Å². The lowest BCUT2D eigenvalue weighted by atomic mass is 9.96. The van der Waals surface area contributed by atoms with Crippen LogP contribution in [0.1, 0.15) is 51.4 Å². The molecule has 1 unspecified atom stereocenters. The zero-order chi connectivity index (χ0) is 26.8. The average Bonchev–Trinajstić information content (AvgIpc) is 3.72. The number of rotatable bonds is 7. The quantitative estimate of drug-likeness (QED) is 0.546. The third kappa shape index (κ3) is 4.54. The molecule has 0 bridgehead atoms. The van der Waals surface area contributed by atoms with Crippen molar-refractivity contribution in [2.75, 3.05) is 6.54 Å². The van der Waals surface area contributed by atoms with E-state index in [4.69, 9.17) is 16.3 Å². The topological polar surface area (TPSA) is 117 Å². The molecule has 0 spiro atoms. The van der Waals surface area contributed by atoms with E-state index in [0.717, 1.165) is 24.2 Å². The Labute approximate surface area is 217 Å². The number of benzene rings is 1. The minimum Gasteiger partial charge on any atom is -0.490 e. The molecule has 4 aliphatic rings. The molecule has 5 rings (SSSR count). The molecule has 8 nitrogen and oxygen atoms in total. The van der Waals surface area contributed by atoms with Crippen LogP contribution in [0.25, 0.3) is 0 Å². The van der Waals surface area contributed by atoms with E-state index in [9.17, 15) is 36.4 Å². The molecule has 1 aromatic rings. The molecular formula is C24H25ClF3N3O5S. The zero-order valence-electron chi connectivity index (χ0n) is 19.7. The molecule has 3 aliphatic carbocycles. The van der Waals surface area contributed by atoms with Crippen LogP contribution in [0.15, 0.2) is 23.1 Å². The fourth-order valence-corrected chi connectivity index (χ4v) is 7.10. The Morgan fingerprint density at radius 1 is 1.19 bits per heavy atom. The zero-order valence-corrected chi connectivity index (χ0v) is 21.3. The van der Waals surface area contributed by atoms with E-state index in [1.807, 2.05) is 6.07 Å². The van der Waals surface area contributed by atoms with Crippen LogP contribution >= 0.6 is 11.6 Å². The van der Waals surface area contributed by atoms with Crippen LogP contribution in [-0.2, 0) is 19.4 Å². The molecule has 2 amide bonds. The Hall–Kier alpha value is -2.52. The van der Waals surface area contributed by atoms with Crippen LogP contribution < -0.4 is 10.1 Å². The molecular weight excluding hydrogens is 535 g/mol. The summed E-state index contributed by atoms with van der Waals surface area (Å²) in [6.45, 7) is -0.590. The van der Waals surface area contributed by atoms with Crippen LogP contribution in [0.3, 0.4) is 0 Å². The Morgan fingerprint density at radius 2 is 1.86 bits per heavy atom. The summed E-state index contributed by atoms with van der Waals surface area (Å²) in [5.41, 5.74) is -3.75. The van der Waals surface area contributed by atoms with Gasteiger partial charge < -0.3 is 15.0 Å². The number of hydrogen-bond acceptors (Lipinski definition) is 6. The van der Waals surface area contributed by atoms with Gasteiger partial charge in [0.05, 0.1) is 27.3 Å². The van der Waals surface area contributed by atoms with E-state index in [-0.39, 0.29) is 16.0 Å². The Bertz CT molecular complexity index is 1280. The summed E-state index contributed by atoms with van der Waals surface area (Å²) in [5.74, 6) is -1.74. The third-order valence-electron chi connectivity index (χ3n) is 7.86. The molecule has 3 saturated carbocycles. The van der Waals surface area contributed by atoms with Gasteiger partial charge in [0.2, 0.25) is 11.8 Å². The Morgan fingerprint density at radius 3 is 2.35 bits per heavy atom. The van der Waals surface area contributed by atoms with Crippen LogP contribution in [0.5, 0.6) is 5.75 Å². The van der Waals surface area contributed by atoms with Gasteiger partial charge in [0.25, 0.3) is 0 Å². The lowest BCUT2D eigenvalue weighted by Crippen LogP contribution is -2.53. The van der Waals surface area contributed by atoms with Gasteiger partial charge >= 0.3 is 6.18 Å². The molecule has 2 atom stereocenters. The standard InChI is InChI=1S/C24H25ClF3N3O5S/c25-17-10-15(36-14-2-1-3-14)4-5-19(17)37(34,35)16-11-18(20(32)30-22(13-29)6-7-22)31(12-16)21(33)23(8-9-23)24(26,27)28/h4-5,10,14,16,18H,1-3,6-9,11-12H2,(H,30,32)/t16?,18-/m0/s1. The largest absolute Gasteiger partial charge is 0.490 e. The number of likely N-dealkylation sites (tertiary alicyclic amines) is 1. The van der Waals surface area contributed by atoms with Crippen LogP contribution in [-0.4, -0.2) is 60.8 Å². The van der Waals surface area contributed by atoms with E-state index < -0.39 is 75.9 Å². The molecule has 200 valence electrons. The van der Waals surface area contributed by atoms with Gasteiger partial charge in [-0.2, -0.15) is 18.4 Å². The number of nitriles is 1. The fourth-order valence-electron chi connectivity index (χ4n) is 4.87. The monoisotopic (exact) mass is 559 g/mol. The van der Waals surface area contributed by atoms with Gasteiger partial charge in [0, 0.05) is 12.6 Å². The highest BCUT2D eigenvalue weighted by molar-refractivity contribution is 7.92. The van der Waals surface area contributed by atoms with Crippen molar-refractivity contribution in [3.63, 3.8) is 0 Å². The van der Waals surface area contributed by atoms with Crippen molar-refractivity contribution >= 4 is 33.3 Å². The first-order chi connectivity index (χ1) is 17.3. The molecule has 0 aromatic heterocycles. The molecule has 13 heteroatoms. The van der Waals surface area contributed by atoms with Gasteiger partial charge in [0.1, 0.15) is 22.7 Å². The molecule has 1 N–H and O–H groups in total. The Balaban J connectivity index is 1.42. The summed E-state index contributed by atoms with van der Waals surface area (Å²) >= 11 is 6.29. The van der Waals surface area contributed by atoms with Crippen LogP contribution in [0, 0.1) is 16.7 Å². The van der Waals surface area contributed by atoms with Crippen LogP contribution in [0.4, 0.5) is 13.2 Å². The second kappa shape index (κ2) is 8.76. The second-order valence-corrected chi connectivity index (χ2v) is 13.0. The first kappa shape index (κ1) is 26.1. The summed E-state index contributed by atoms with van der Waals surface area (Å²) in [4.78, 5) is 26.7. The third-order valence-corrected chi connectivity index (χ3v) is 10.5. The maximum absolute atomic E-state index is 13.7. The van der Waals surface area contributed by atoms with E-state index in [0.29, 0.717) is 18.6 Å². The van der Waals surface area contributed by atoms with E-state index in [1.54, 1.807) is 0 Å². The number of amides is 2. The summed E-state index contributed by atoms with van der Waals surface area (Å²) in [7, 11) is -4.24. The summed E-state index contributed by atoms with van der Waals surface area (Å²) in [6.07, 6.45) is -2.48. The first-order valence-electron chi connectivity index (χ1n) is 12.1. The number of ether oxygens (including phenoxy) is 1. The maximum Gasteiger partial charge on any atom is 0.403 e. The number of alkyl halides is 3. The van der Waals surface area contributed by atoms with Gasteiger partial charge in [0.15, 0.2) is 9.84 Å². The highest BCUT2D eigenvalue weighted by atomic mass is 35.5. The molecule has 0 radical (unpaired) electrons. The van der Waals surface area contributed by atoms with Crippen LogP contribution in [0.2, 0.25) is 5.02 Å². The lowest BCUT2D eigenvalue weighted by molar-refractivity contribution is -0.199. The number of carbonyl (C=O) groups excluding carboxylic acids is 2. The number of sulfone groups is 1. The van der Waals surface area contributed by atoms with E-state index in [2.05, 4.69) is 5.32 Å². The van der Waals surface area contributed by atoms with Gasteiger partial charge in [-0.15, -0.1) is 0 Å². The minimum atomic E-state index is -4.83. The molecule has 37 heavy (non-hydrogen) atoms.